The molecule has 1 aromatic heterocycles. The Balaban J connectivity index is 2.43. The lowest BCUT2D eigenvalue weighted by Gasteiger charge is -2.12. The number of nitrogens with one attached hydrogen (secondary N) is 1. The molecule has 0 amide bonds. The van der Waals surface area contributed by atoms with Crippen molar-refractivity contribution in [1.82, 2.24) is 20.3 Å². The lowest BCUT2D eigenvalue weighted by Crippen LogP contribution is -2.18. The largest absolute Gasteiger partial charge is 0.317 e. The second-order valence-electron chi connectivity index (χ2n) is 3.83. The standard InChI is InChI=1S/C10H19BrN4/c1-4-6-12-7-5-8(2)9-10(11)13-14-15(9)3/h8,12H,4-7H2,1-3H3. The van der Waals surface area contributed by atoms with E-state index in [1.165, 1.54) is 12.1 Å². The lowest BCUT2D eigenvalue weighted by atomic mass is 10.0. The number of hydrogen-bond donors (Lipinski definition) is 1. The molecule has 0 spiro atoms. The van der Waals surface area contributed by atoms with E-state index in [-0.39, 0.29) is 0 Å². The van der Waals surface area contributed by atoms with Crippen molar-refractivity contribution in [2.45, 2.75) is 32.6 Å². The second kappa shape index (κ2) is 6.23. The second-order valence-corrected chi connectivity index (χ2v) is 4.58. The summed E-state index contributed by atoms with van der Waals surface area (Å²) >= 11 is 3.43. The van der Waals surface area contributed by atoms with E-state index in [4.69, 9.17) is 0 Å². The van der Waals surface area contributed by atoms with Crippen LogP contribution < -0.4 is 5.32 Å². The Hall–Kier alpha value is -0.420. The van der Waals surface area contributed by atoms with Gasteiger partial charge in [-0.05, 0) is 41.9 Å². The molecule has 4 nitrogen and oxygen atoms in total. The Bertz CT molecular complexity index is 278. The summed E-state index contributed by atoms with van der Waals surface area (Å²) in [6.45, 7) is 6.53. The quantitative estimate of drug-likeness (QED) is 0.808. The van der Waals surface area contributed by atoms with Gasteiger partial charge in [-0.25, -0.2) is 0 Å². The summed E-state index contributed by atoms with van der Waals surface area (Å²) in [4.78, 5) is 0. The molecule has 0 radical (unpaired) electrons. The van der Waals surface area contributed by atoms with Gasteiger partial charge in [-0.1, -0.05) is 19.1 Å². The first kappa shape index (κ1) is 12.6. The highest BCUT2D eigenvalue weighted by Gasteiger charge is 2.14. The highest BCUT2D eigenvalue weighted by molar-refractivity contribution is 9.10. The van der Waals surface area contributed by atoms with E-state index in [0.29, 0.717) is 5.92 Å². The zero-order valence-corrected chi connectivity index (χ0v) is 11.2. The van der Waals surface area contributed by atoms with Crippen LogP contribution in [-0.2, 0) is 7.05 Å². The summed E-state index contributed by atoms with van der Waals surface area (Å²) in [5, 5.41) is 11.4. The number of halogens is 1. The molecule has 0 saturated heterocycles. The van der Waals surface area contributed by atoms with Crippen LogP contribution in [0.4, 0.5) is 0 Å². The van der Waals surface area contributed by atoms with Gasteiger partial charge >= 0.3 is 0 Å². The van der Waals surface area contributed by atoms with Crippen LogP contribution in [0.5, 0.6) is 0 Å². The third kappa shape index (κ3) is 3.57. The molecule has 0 bridgehead atoms. The van der Waals surface area contributed by atoms with Crippen LogP contribution in [0.15, 0.2) is 4.60 Å². The van der Waals surface area contributed by atoms with Crippen LogP contribution in [0.3, 0.4) is 0 Å². The van der Waals surface area contributed by atoms with E-state index >= 15 is 0 Å². The van der Waals surface area contributed by atoms with Gasteiger partial charge in [0.1, 0.15) is 0 Å². The van der Waals surface area contributed by atoms with Gasteiger partial charge in [0.2, 0.25) is 0 Å². The summed E-state index contributed by atoms with van der Waals surface area (Å²) in [7, 11) is 1.93. The predicted octanol–water partition coefficient (Wildman–Crippen LogP) is 2.07. The first-order valence-electron chi connectivity index (χ1n) is 5.42. The minimum absolute atomic E-state index is 0.476. The maximum absolute atomic E-state index is 3.99. The van der Waals surface area contributed by atoms with Gasteiger partial charge in [0.15, 0.2) is 4.60 Å². The van der Waals surface area contributed by atoms with Gasteiger partial charge in [0, 0.05) is 13.0 Å². The van der Waals surface area contributed by atoms with Gasteiger partial charge < -0.3 is 5.32 Å². The van der Waals surface area contributed by atoms with Gasteiger partial charge in [0.05, 0.1) is 5.69 Å². The molecule has 1 N–H and O–H groups in total. The molecule has 1 unspecified atom stereocenters. The molecule has 0 aliphatic heterocycles. The molecule has 1 heterocycles. The zero-order chi connectivity index (χ0) is 11.3. The molecule has 1 aromatic rings. The number of rotatable bonds is 6. The number of aryl methyl sites for hydroxylation is 1. The Morgan fingerprint density at radius 1 is 1.47 bits per heavy atom. The highest BCUT2D eigenvalue weighted by atomic mass is 79.9. The Morgan fingerprint density at radius 2 is 2.20 bits per heavy atom. The van der Waals surface area contributed by atoms with Crippen molar-refractivity contribution in [2.24, 2.45) is 7.05 Å². The van der Waals surface area contributed by atoms with Gasteiger partial charge in [0.25, 0.3) is 0 Å². The number of aromatic nitrogens is 3. The summed E-state index contributed by atoms with van der Waals surface area (Å²) < 4.78 is 2.71. The number of hydrogen-bond acceptors (Lipinski definition) is 3. The zero-order valence-electron chi connectivity index (χ0n) is 9.63. The maximum atomic E-state index is 3.99. The predicted molar refractivity (Wildman–Crippen MR) is 64.9 cm³/mol. The minimum atomic E-state index is 0.476. The molecule has 5 heteroatoms. The lowest BCUT2D eigenvalue weighted by molar-refractivity contribution is 0.554. The van der Waals surface area contributed by atoms with E-state index in [0.717, 1.165) is 24.1 Å². The van der Waals surface area contributed by atoms with Crippen LogP contribution in [0.1, 0.15) is 38.3 Å². The van der Waals surface area contributed by atoms with Crippen molar-refractivity contribution in [3.63, 3.8) is 0 Å². The van der Waals surface area contributed by atoms with E-state index in [9.17, 15) is 0 Å². The first-order valence-corrected chi connectivity index (χ1v) is 6.21. The van der Waals surface area contributed by atoms with Gasteiger partial charge in [-0.2, -0.15) is 0 Å². The van der Waals surface area contributed by atoms with Crippen molar-refractivity contribution in [1.29, 1.82) is 0 Å². The molecule has 0 saturated carbocycles. The fraction of sp³-hybridized carbons (Fsp3) is 0.800. The summed E-state index contributed by atoms with van der Waals surface area (Å²) in [5.74, 6) is 0.476. The van der Waals surface area contributed by atoms with Crippen molar-refractivity contribution in [2.75, 3.05) is 13.1 Å². The topological polar surface area (TPSA) is 42.7 Å². The summed E-state index contributed by atoms with van der Waals surface area (Å²) in [5.41, 5.74) is 1.17. The molecular formula is C10H19BrN4. The van der Waals surface area contributed by atoms with E-state index < -0.39 is 0 Å². The van der Waals surface area contributed by atoms with Gasteiger partial charge in [-0.15, -0.1) is 5.10 Å². The van der Waals surface area contributed by atoms with E-state index in [1.807, 2.05) is 11.7 Å². The Labute approximate surface area is 99.6 Å². The highest BCUT2D eigenvalue weighted by Crippen LogP contribution is 2.23. The summed E-state index contributed by atoms with van der Waals surface area (Å²) in [6, 6.07) is 0. The van der Waals surface area contributed by atoms with E-state index in [2.05, 4.69) is 45.4 Å². The average Bonchev–Trinajstić information content (AvgIpc) is 2.53. The Morgan fingerprint density at radius 3 is 2.73 bits per heavy atom. The van der Waals surface area contributed by atoms with Crippen LogP contribution >= 0.6 is 15.9 Å². The Kier molecular flexibility index (Phi) is 5.25. The molecule has 86 valence electrons. The first-order chi connectivity index (χ1) is 7.16. The fourth-order valence-corrected chi connectivity index (χ4v) is 2.34. The van der Waals surface area contributed by atoms with Crippen LogP contribution in [0, 0.1) is 0 Å². The third-order valence-electron chi connectivity index (χ3n) is 2.47. The monoisotopic (exact) mass is 274 g/mol. The summed E-state index contributed by atoms with van der Waals surface area (Å²) in [6.07, 6.45) is 2.30. The number of nitrogens with zero attached hydrogens (tertiary/aromatic N) is 3. The molecule has 1 rings (SSSR count). The molecule has 0 aliphatic carbocycles. The molecule has 1 atom stereocenters. The average molecular weight is 275 g/mol. The van der Waals surface area contributed by atoms with Crippen LogP contribution in [0.25, 0.3) is 0 Å². The normalized spacial score (nSPS) is 13.1. The van der Waals surface area contributed by atoms with Crippen LogP contribution in [0.2, 0.25) is 0 Å². The molecular weight excluding hydrogens is 256 g/mol. The van der Waals surface area contributed by atoms with Gasteiger partial charge in [-0.3, -0.25) is 4.68 Å². The molecule has 0 aromatic carbocycles. The van der Waals surface area contributed by atoms with Crippen molar-refractivity contribution >= 4 is 15.9 Å². The van der Waals surface area contributed by atoms with Crippen LogP contribution in [-0.4, -0.2) is 28.1 Å². The van der Waals surface area contributed by atoms with Crippen molar-refractivity contribution in [3.05, 3.63) is 10.3 Å². The van der Waals surface area contributed by atoms with Crippen molar-refractivity contribution < 1.29 is 0 Å². The molecule has 0 aliphatic rings. The minimum Gasteiger partial charge on any atom is -0.317 e. The van der Waals surface area contributed by atoms with Crippen molar-refractivity contribution in [3.8, 4) is 0 Å². The molecule has 15 heavy (non-hydrogen) atoms. The maximum Gasteiger partial charge on any atom is 0.151 e. The van der Waals surface area contributed by atoms with E-state index in [1.54, 1.807) is 0 Å². The third-order valence-corrected chi connectivity index (χ3v) is 3.04. The fourth-order valence-electron chi connectivity index (χ4n) is 1.62. The smallest absolute Gasteiger partial charge is 0.151 e. The SMILES string of the molecule is CCCNCCC(C)c1c(Br)nnn1C. The molecule has 0 fully saturated rings.